The van der Waals surface area contributed by atoms with Crippen LogP contribution in [0.2, 0.25) is 0 Å². The minimum atomic E-state index is -0.857. The highest BCUT2D eigenvalue weighted by Crippen LogP contribution is 2.13. The first-order valence-corrected chi connectivity index (χ1v) is 11.5. The van der Waals surface area contributed by atoms with Crippen LogP contribution >= 0.6 is 0 Å². The fraction of sp³-hybridized carbons (Fsp3) is 0.750. The predicted octanol–water partition coefficient (Wildman–Crippen LogP) is 6.93. The molecule has 0 aromatic carbocycles. The molecule has 0 aliphatic carbocycles. The van der Waals surface area contributed by atoms with E-state index in [0.29, 0.717) is 5.56 Å². The number of hydrogen-bond acceptors (Lipinski definition) is 1. The smallest absolute Gasteiger partial charge is 0.336 e. The number of aromatic nitrogens is 1. The summed E-state index contributed by atoms with van der Waals surface area (Å²) in [4.78, 5) is 10.8. The van der Waals surface area contributed by atoms with Gasteiger partial charge in [0.05, 0.1) is 5.56 Å². The number of carboxylic acids is 1. The summed E-state index contributed by atoms with van der Waals surface area (Å²) in [7, 11) is 0. The monoisotopic (exact) mass is 376 g/mol. The number of pyridine rings is 1. The molecule has 0 bridgehead atoms. The van der Waals surface area contributed by atoms with E-state index in [1.54, 1.807) is 12.1 Å². The molecule has 1 heterocycles. The van der Waals surface area contributed by atoms with Crippen molar-refractivity contribution in [2.45, 2.75) is 116 Å². The van der Waals surface area contributed by atoms with Crippen LogP contribution < -0.4 is 4.57 Å². The van der Waals surface area contributed by atoms with E-state index in [2.05, 4.69) is 11.5 Å². The number of aryl methyl sites for hydroxylation is 1. The van der Waals surface area contributed by atoms with E-state index in [1.807, 2.05) is 12.4 Å². The molecule has 0 saturated heterocycles. The maximum atomic E-state index is 10.8. The number of aromatic carboxylic acids is 1. The first kappa shape index (κ1) is 23.7. The van der Waals surface area contributed by atoms with Crippen LogP contribution in [0.1, 0.15) is 120 Å². The number of nitrogens with zero attached hydrogens (tertiary/aromatic N) is 1. The van der Waals surface area contributed by atoms with Gasteiger partial charge < -0.3 is 5.11 Å². The van der Waals surface area contributed by atoms with Gasteiger partial charge in [-0.3, -0.25) is 0 Å². The van der Waals surface area contributed by atoms with Gasteiger partial charge in [-0.15, -0.1) is 0 Å². The molecule has 154 valence electrons. The summed E-state index contributed by atoms with van der Waals surface area (Å²) >= 11 is 0. The molecule has 1 aromatic rings. The summed E-state index contributed by atoms with van der Waals surface area (Å²) in [6, 6.07) is 3.35. The third-order valence-corrected chi connectivity index (χ3v) is 5.41. The summed E-state index contributed by atoms with van der Waals surface area (Å²) in [5.41, 5.74) is 0.359. The fourth-order valence-electron chi connectivity index (χ4n) is 3.59. The molecular formula is C24H42NO2+. The Morgan fingerprint density at radius 1 is 0.704 bits per heavy atom. The Morgan fingerprint density at radius 3 is 1.44 bits per heavy atom. The highest BCUT2D eigenvalue weighted by atomic mass is 16.4. The lowest BCUT2D eigenvalue weighted by atomic mass is 10.0. The van der Waals surface area contributed by atoms with Crippen LogP contribution in [0.4, 0.5) is 0 Å². The number of carbonyl (C=O) groups is 1. The zero-order valence-corrected chi connectivity index (χ0v) is 17.6. The van der Waals surface area contributed by atoms with Gasteiger partial charge in [-0.25, -0.2) is 9.36 Å². The molecule has 1 rings (SSSR count). The van der Waals surface area contributed by atoms with E-state index in [1.165, 1.54) is 103 Å². The van der Waals surface area contributed by atoms with Gasteiger partial charge in [-0.2, -0.15) is 0 Å². The first-order valence-electron chi connectivity index (χ1n) is 11.5. The van der Waals surface area contributed by atoms with E-state index in [-0.39, 0.29) is 0 Å². The number of carboxylic acid groups (broad SMARTS) is 1. The second kappa shape index (κ2) is 16.8. The molecule has 0 amide bonds. The number of rotatable bonds is 18. The van der Waals surface area contributed by atoms with Crippen molar-refractivity contribution in [1.82, 2.24) is 0 Å². The zero-order valence-electron chi connectivity index (χ0n) is 17.6. The van der Waals surface area contributed by atoms with Crippen LogP contribution in [0.15, 0.2) is 24.5 Å². The van der Waals surface area contributed by atoms with Crippen molar-refractivity contribution >= 4 is 5.97 Å². The van der Waals surface area contributed by atoms with Crippen LogP contribution in [0.5, 0.6) is 0 Å². The molecule has 0 unspecified atom stereocenters. The molecule has 0 fully saturated rings. The minimum Gasteiger partial charge on any atom is -0.478 e. The van der Waals surface area contributed by atoms with Crippen molar-refractivity contribution in [3.05, 3.63) is 30.1 Å². The van der Waals surface area contributed by atoms with Gasteiger partial charge in [-0.1, -0.05) is 96.8 Å². The molecule has 0 spiro atoms. The molecule has 0 aliphatic rings. The Morgan fingerprint density at radius 2 is 1.07 bits per heavy atom. The predicted molar refractivity (Wildman–Crippen MR) is 113 cm³/mol. The van der Waals surface area contributed by atoms with Gasteiger partial charge in [0.1, 0.15) is 6.54 Å². The quantitative estimate of drug-likeness (QED) is 0.223. The van der Waals surface area contributed by atoms with Gasteiger partial charge in [0.25, 0.3) is 0 Å². The molecule has 0 aliphatic heterocycles. The van der Waals surface area contributed by atoms with Crippen molar-refractivity contribution in [3.8, 4) is 0 Å². The fourth-order valence-corrected chi connectivity index (χ4v) is 3.59. The van der Waals surface area contributed by atoms with Gasteiger partial charge in [-0.05, 0) is 6.42 Å². The Hall–Kier alpha value is -1.38. The van der Waals surface area contributed by atoms with Crippen LogP contribution in [0.3, 0.4) is 0 Å². The van der Waals surface area contributed by atoms with Crippen molar-refractivity contribution in [1.29, 1.82) is 0 Å². The van der Waals surface area contributed by atoms with Crippen molar-refractivity contribution in [3.63, 3.8) is 0 Å². The Bertz CT molecular complexity index is 470. The lowest BCUT2D eigenvalue weighted by Gasteiger charge is -2.03. The average molecular weight is 377 g/mol. The number of hydrogen-bond donors (Lipinski definition) is 1. The second-order valence-corrected chi connectivity index (χ2v) is 7.93. The summed E-state index contributed by atoms with van der Waals surface area (Å²) in [6.45, 7) is 3.27. The average Bonchev–Trinajstić information content (AvgIpc) is 2.68. The van der Waals surface area contributed by atoms with Gasteiger partial charge in [0.15, 0.2) is 12.4 Å². The molecule has 0 saturated carbocycles. The van der Waals surface area contributed by atoms with E-state index in [0.717, 1.165) is 6.54 Å². The molecule has 3 heteroatoms. The largest absolute Gasteiger partial charge is 0.478 e. The molecule has 0 atom stereocenters. The van der Waals surface area contributed by atoms with Crippen LogP contribution in [-0.2, 0) is 6.54 Å². The molecule has 1 N–H and O–H groups in total. The van der Waals surface area contributed by atoms with Crippen molar-refractivity contribution in [2.75, 3.05) is 0 Å². The zero-order chi connectivity index (χ0) is 19.6. The van der Waals surface area contributed by atoms with Gasteiger partial charge in [0.2, 0.25) is 0 Å². The van der Waals surface area contributed by atoms with Crippen LogP contribution in [-0.4, -0.2) is 11.1 Å². The van der Waals surface area contributed by atoms with Crippen LogP contribution in [0.25, 0.3) is 0 Å². The van der Waals surface area contributed by atoms with Crippen molar-refractivity contribution < 1.29 is 14.5 Å². The van der Waals surface area contributed by atoms with E-state index in [4.69, 9.17) is 5.11 Å². The second-order valence-electron chi connectivity index (χ2n) is 7.93. The maximum absolute atomic E-state index is 10.8. The Kier molecular flexibility index (Phi) is 14.7. The molecule has 3 nitrogen and oxygen atoms in total. The normalized spacial score (nSPS) is 11.0. The van der Waals surface area contributed by atoms with Gasteiger partial charge in [0, 0.05) is 18.6 Å². The third-order valence-electron chi connectivity index (χ3n) is 5.41. The molecule has 1 aromatic heterocycles. The van der Waals surface area contributed by atoms with E-state index < -0.39 is 5.97 Å². The summed E-state index contributed by atoms with van der Waals surface area (Å²) in [6.07, 6.45) is 25.9. The first-order chi connectivity index (χ1) is 13.2. The van der Waals surface area contributed by atoms with Crippen molar-refractivity contribution in [2.24, 2.45) is 0 Å². The topological polar surface area (TPSA) is 41.2 Å². The third kappa shape index (κ3) is 13.4. The molecule has 27 heavy (non-hydrogen) atoms. The standard InChI is InChI=1S/C24H41NO2/c1-2-3-4-5-6-7-8-9-10-11-12-13-14-15-16-17-20-25-21-18-23(19-22-25)24(26)27/h18-19,21-22H,2-17,20H2,1H3/p+1. The molecular weight excluding hydrogens is 334 g/mol. The lowest BCUT2D eigenvalue weighted by molar-refractivity contribution is -0.697. The number of unbranched alkanes of at least 4 members (excludes halogenated alkanes) is 15. The molecule has 0 radical (unpaired) electrons. The summed E-state index contributed by atoms with van der Waals surface area (Å²) in [5.74, 6) is -0.857. The highest BCUT2D eigenvalue weighted by molar-refractivity contribution is 5.87. The van der Waals surface area contributed by atoms with E-state index >= 15 is 0 Å². The Labute approximate surface area is 167 Å². The maximum Gasteiger partial charge on any atom is 0.336 e. The lowest BCUT2D eigenvalue weighted by Crippen LogP contribution is -2.32. The summed E-state index contributed by atoms with van der Waals surface area (Å²) < 4.78 is 2.08. The summed E-state index contributed by atoms with van der Waals surface area (Å²) in [5, 5.41) is 8.89. The van der Waals surface area contributed by atoms with Gasteiger partial charge >= 0.3 is 5.97 Å². The van der Waals surface area contributed by atoms with E-state index in [9.17, 15) is 4.79 Å². The highest BCUT2D eigenvalue weighted by Gasteiger charge is 2.05. The van der Waals surface area contributed by atoms with Crippen LogP contribution in [0, 0.1) is 0 Å². The SMILES string of the molecule is CCCCCCCCCCCCCCCCCC[n+]1ccc(C(=O)O)cc1. The minimum absolute atomic E-state index is 0.359. The Balaban J connectivity index is 1.81.